The molecular weight excluding hydrogens is 494 g/mol. The lowest BCUT2D eigenvalue weighted by molar-refractivity contribution is -0.137. The fourth-order valence-corrected chi connectivity index (χ4v) is 3.94. The summed E-state index contributed by atoms with van der Waals surface area (Å²) in [5, 5.41) is 12.4. The zero-order chi connectivity index (χ0) is 28.0. The molecule has 0 saturated carbocycles. The average Bonchev–Trinajstić information content (AvgIpc) is 2.95. The van der Waals surface area contributed by atoms with Crippen LogP contribution in [0.25, 0.3) is 0 Å². The number of hydrogen-bond donors (Lipinski definition) is 3. The van der Waals surface area contributed by atoms with E-state index in [9.17, 15) is 19.5 Å². The van der Waals surface area contributed by atoms with Crippen LogP contribution in [-0.2, 0) is 34.0 Å². The first-order chi connectivity index (χ1) is 18.9. The summed E-state index contributed by atoms with van der Waals surface area (Å²) >= 11 is 0. The van der Waals surface area contributed by atoms with E-state index < -0.39 is 23.8 Å². The number of aliphatic hydroxyl groups is 1. The molecule has 1 radical (unpaired) electrons. The number of rotatable bonds is 15. The molecule has 205 valence electrons. The minimum absolute atomic E-state index is 0.120. The fourth-order valence-electron chi connectivity index (χ4n) is 3.94. The molecular formula is C31H36N3O5. The molecule has 2 atom stereocenters. The zero-order valence-corrected chi connectivity index (χ0v) is 22.2. The van der Waals surface area contributed by atoms with Crippen molar-refractivity contribution in [3.05, 3.63) is 108 Å². The first kappa shape index (κ1) is 29.4. The second-order valence-electron chi connectivity index (χ2n) is 9.40. The Hall–Kier alpha value is -4.17. The molecule has 0 saturated heterocycles. The number of carbonyl (C=O) groups excluding carboxylic acids is 3. The highest BCUT2D eigenvalue weighted by Crippen LogP contribution is 2.17. The van der Waals surface area contributed by atoms with Gasteiger partial charge in [-0.3, -0.25) is 14.4 Å². The van der Waals surface area contributed by atoms with Gasteiger partial charge in [-0.25, -0.2) is 0 Å². The Bertz CT molecular complexity index is 1190. The van der Waals surface area contributed by atoms with E-state index in [1.807, 2.05) is 84.9 Å². The summed E-state index contributed by atoms with van der Waals surface area (Å²) in [6.45, 7) is 2.27. The molecule has 0 heterocycles. The van der Waals surface area contributed by atoms with Crippen LogP contribution in [0.2, 0.25) is 0 Å². The SMILES string of the molecule is CC(C[CH]C(=O)NC(Cc1ccc(OCc2ccccc2)cc1)C(=O)N(CCO)Cc1ccccc1)C(N)=O. The molecule has 3 aromatic rings. The van der Waals surface area contributed by atoms with Gasteiger partial charge in [0.05, 0.1) is 13.0 Å². The van der Waals surface area contributed by atoms with E-state index >= 15 is 0 Å². The number of benzene rings is 3. The van der Waals surface area contributed by atoms with Crippen molar-refractivity contribution in [3.8, 4) is 5.75 Å². The van der Waals surface area contributed by atoms with Crippen molar-refractivity contribution >= 4 is 17.7 Å². The van der Waals surface area contributed by atoms with Gasteiger partial charge in [-0.05, 0) is 35.2 Å². The van der Waals surface area contributed by atoms with E-state index in [0.717, 1.165) is 16.7 Å². The number of primary amides is 1. The zero-order valence-electron chi connectivity index (χ0n) is 22.2. The third-order valence-corrected chi connectivity index (χ3v) is 6.27. The molecule has 0 aromatic heterocycles. The van der Waals surface area contributed by atoms with Crippen molar-refractivity contribution < 1.29 is 24.2 Å². The maximum Gasteiger partial charge on any atom is 0.245 e. The van der Waals surface area contributed by atoms with Crippen molar-refractivity contribution in [2.75, 3.05) is 13.2 Å². The van der Waals surface area contributed by atoms with Gasteiger partial charge in [-0.2, -0.15) is 0 Å². The van der Waals surface area contributed by atoms with Gasteiger partial charge < -0.3 is 25.8 Å². The standard InChI is InChI=1S/C31H36N3O5/c1-23(30(32)37)12-17-29(36)33-28(31(38)34(18-19-35)21-25-8-4-2-5-9-25)20-24-13-15-27(16-14-24)39-22-26-10-6-3-7-11-26/h2-11,13-17,23,28,35H,12,18-22H2,1H3,(H2,32,37)(H,33,36). The van der Waals surface area contributed by atoms with Crippen molar-refractivity contribution in [3.63, 3.8) is 0 Å². The Morgan fingerprint density at radius 2 is 1.54 bits per heavy atom. The van der Waals surface area contributed by atoms with Crippen LogP contribution in [0.5, 0.6) is 5.75 Å². The number of hydrogen-bond acceptors (Lipinski definition) is 5. The van der Waals surface area contributed by atoms with Crippen LogP contribution in [0.3, 0.4) is 0 Å². The van der Waals surface area contributed by atoms with Gasteiger partial charge in [0.2, 0.25) is 17.7 Å². The molecule has 0 spiro atoms. The third kappa shape index (κ3) is 9.90. The Morgan fingerprint density at radius 3 is 2.13 bits per heavy atom. The summed E-state index contributed by atoms with van der Waals surface area (Å²) in [4.78, 5) is 39.2. The lowest BCUT2D eigenvalue weighted by atomic mass is 10.0. The van der Waals surface area contributed by atoms with Gasteiger partial charge >= 0.3 is 0 Å². The van der Waals surface area contributed by atoms with Crippen molar-refractivity contribution in [2.45, 2.75) is 39.0 Å². The first-order valence-electron chi connectivity index (χ1n) is 13.0. The molecule has 0 aliphatic carbocycles. The second kappa shape index (κ2) is 15.3. The highest BCUT2D eigenvalue weighted by molar-refractivity contribution is 5.92. The van der Waals surface area contributed by atoms with E-state index in [1.165, 1.54) is 11.3 Å². The van der Waals surface area contributed by atoms with Crippen LogP contribution in [-0.4, -0.2) is 46.9 Å². The molecule has 2 unspecified atom stereocenters. The molecule has 0 fully saturated rings. The predicted octanol–water partition coefficient (Wildman–Crippen LogP) is 3.03. The number of amides is 3. The van der Waals surface area contributed by atoms with Crippen LogP contribution in [0.15, 0.2) is 84.9 Å². The quantitative estimate of drug-likeness (QED) is 0.279. The molecule has 0 bridgehead atoms. The smallest absolute Gasteiger partial charge is 0.245 e. The summed E-state index contributed by atoms with van der Waals surface area (Å²) in [6, 6.07) is 25.8. The maximum absolute atomic E-state index is 13.6. The van der Waals surface area contributed by atoms with Gasteiger partial charge in [0.25, 0.3) is 0 Å². The average molecular weight is 531 g/mol. The van der Waals surface area contributed by atoms with Crippen LogP contribution in [0.4, 0.5) is 0 Å². The fraction of sp³-hybridized carbons (Fsp3) is 0.290. The van der Waals surface area contributed by atoms with Crippen LogP contribution in [0, 0.1) is 12.3 Å². The van der Waals surface area contributed by atoms with Crippen LogP contribution >= 0.6 is 0 Å². The van der Waals surface area contributed by atoms with E-state index in [0.29, 0.717) is 18.9 Å². The first-order valence-corrected chi connectivity index (χ1v) is 13.0. The van der Waals surface area contributed by atoms with Gasteiger partial charge in [0.1, 0.15) is 18.4 Å². The lowest BCUT2D eigenvalue weighted by Crippen LogP contribution is -2.50. The normalized spacial score (nSPS) is 12.3. The summed E-state index contributed by atoms with van der Waals surface area (Å²) in [6.07, 6.45) is 1.74. The Kier molecular flexibility index (Phi) is 11.5. The lowest BCUT2D eigenvalue weighted by Gasteiger charge is -2.28. The minimum atomic E-state index is -0.885. The van der Waals surface area contributed by atoms with Gasteiger partial charge in [0.15, 0.2) is 0 Å². The number of nitrogens with two attached hydrogens (primary N) is 1. The minimum Gasteiger partial charge on any atom is -0.489 e. The van der Waals surface area contributed by atoms with E-state index in [-0.39, 0.29) is 31.9 Å². The summed E-state index contributed by atoms with van der Waals surface area (Å²) in [5.41, 5.74) is 8.09. The van der Waals surface area contributed by atoms with Crippen LogP contribution < -0.4 is 15.8 Å². The molecule has 0 aliphatic heterocycles. The molecule has 4 N–H and O–H groups in total. The molecule has 3 aromatic carbocycles. The molecule has 0 aliphatic rings. The molecule has 39 heavy (non-hydrogen) atoms. The number of carbonyl (C=O) groups is 3. The molecule has 8 nitrogen and oxygen atoms in total. The monoisotopic (exact) mass is 530 g/mol. The number of ether oxygens (including phenoxy) is 1. The molecule has 8 heteroatoms. The Labute approximate surface area is 229 Å². The Balaban J connectivity index is 1.72. The summed E-state index contributed by atoms with van der Waals surface area (Å²) in [5.74, 6) is -1.10. The van der Waals surface area contributed by atoms with Crippen LogP contribution in [0.1, 0.15) is 30.0 Å². The number of aliphatic hydroxyl groups excluding tert-OH is 1. The molecule has 3 rings (SSSR count). The molecule has 3 amide bonds. The van der Waals surface area contributed by atoms with Crippen molar-refractivity contribution in [1.82, 2.24) is 10.2 Å². The van der Waals surface area contributed by atoms with Gasteiger partial charge in [-0.1, -0.05) is 79.7 Å². The second-order valence-corrected chi connectivity index (χ2v) is 9.40. The van der Waals surface area contributed by atoms with Crippen molar-refractivity contribution in [1.29, 1.82) is 0 Å². The third-order valence-electron chi connectivity index (χ3n) is 6.27. The number of nitrogens with zero attached hydrogens (tertiary/aromatic N) is 1. The summed E-state index contributed by atoms with van der Waals surface area (Å²) in [7, 11) is 0. The van der Waals surface area contributed by atoms with Gasteiger partial charge in [0, 0.05) is 25.4 Å². The Morgan fingerprint density at radius 1 is 0.923 bits per heavy atom. The van der Waals surface area contributed by atoms with Crippen molar-refractivity contribution in [2.24, 2.45) is 11.7 Å². The number of nitrogens with one attached hydrogen (secondary N) is 1. The maximum atomic E-state index is 13.6. The topological polar surface area (TPSA) is 122 Å². The summed E-state index contributed by atoms with van der Waals surface area (Å²) < 4.78 is 5.86. The highest BCUT2D eigenvalue weighted by Gasteiger charge is 2.27. The van der Waals surface area contributed by atoms with E-state index in [2.05, 4.69) is 5.32 Å². The van der Waals surface area contributed by atoms with E-state index in [1.54, 1.807) is 6.92 Å². The predicted molar refractivity (Wildman–Crippen MR) is 149 cm³/mol. The van der Waals surface area contributed by atoms with Gasteiger partial charge in [-0.15, -0.1) is 0 Å². The largest absolute Gasteiger partial charge is 0.489 e. The highest BCUT2D eigenvalue weighted by atomic mass is 16.5. The van der Waals surface area contributed by atoms with E-state index in [4.69, 9.17) is 10.5 Å².